The van der Waals surface area contributed by atoms with E-state index < -0.39 is 130 Å². The van der Waals surface area contributed by atoms with Gasteiger partial charge < -0.3 is 54.2 Å². The van der Waals surface area contributed by atoms with E-state index in [1.54, 1.807) is 0 Å². The van der Waals surface area contributed by atoms with E-state index in [0.29, 0.717) is 44.1 Å². The van der Waals surface area contributed by atoms with Crippen LogP contribution in [0.25, 0.3) is 0 Å². The molecule has 8 rings (SSSR count). The molecule has 38 heteroatoms. The molecule has 0 spiro atoms. The van der Waals surface area contributed by atoms with Gasteiger partial charge in [0.15, 0.2) is 58.1 Å². The van der Waals surface area contributed by atoms with Crippen molar-refractivity contribution in [3.05, 3.63) is 96.2 Å². The number of ether oxygens (including phenoxy) is 2. The smallest absolute Gasteiger partial charge is 1.00 e. The van der Waals surface area contributed by atoms with Crippen molar-refractivity contribution in [1.29, 1.82) is 0 Å². The molecule has 4 aliphatic rings. The number of rotatable bonds is 26. The molecule has 0 aliphatic carbocycles. The van der Waals surface area contributed by atoms with E-state index in [1.165, 1.54) is 31.4 Å². The van der Waals surface area contributed by atoms with E-state index in [0.717, 1.165) is 85.4 Å². The summed E-state index contributed by atoms with van der Waals surface area (Å²) in [6.45, 7) is 1.84. The molecule has 6 heterocycles. The SMILES string of the molecule is CCCCCCCC(=O)Cl.CCCCCCCC(=O)OP(=O)(O)N(C[C@H]1CN(c2cc(F)c(N3C=CC(=O)CC3)c(F)c2F)C(=O)O1)c1ccon1.O=C1C=CN(c2c(F)cc(N3C[C@H](CN(c4ccon4)P(=O)(O)O)OC3=O)c(F)c2F)CC1.O=CO[O-].[H-].[Na+].[Na+]. The van der Waals surface area contributed by atoms with E-state index in [9.17, 15) is 70.1 Å². The van der Waals surface area contributed by atoms with Crippen molar-refractivity contribution in [3.63, 3.8) is 0 Å². The molecule has 2 amide bonds. The maximum atomic E-state index is 15.1. The van der Waals surface area contributed by atoms with Crippen LogP contribution in [0.4, 0.5) is 70.3 Å². The third kappa shape index (κ3) is 23.3. The number of hydrogen-bond donors (Lipinski definition) is 3. The molecule has 0 bridgehead atoms. The van der Waals surface area contributed by atoms with Crippen LogP contribution >= 0.6 is 27.1 Å². The molecule has 3 atom stereocenters. The molecular formula is C53H63ClF6N8Na2O19P2. The molecule has 2 saturated heterocycles. The summed E-state index contributed by atoms with van der Waals surface area (Å²) in [7, 11) is -9.81. The van der Waals surface area contributed by atoms with Crippen molar-refractivity contribution >= 4 is 103 Å². The number of aromatic nitrogens is 2. The Hall–Kier alpha value is -5.80. The summed E-state index contributed by atoms with van der Waals surface area (Å²) in [6, 6.07) is 3.61. The summed E-state index contributed by atoms with van der Waals surface area (Å²) < 4.78 is 140. The van der Waals surface area contributed by atoms with Gasteiger partial charge in [-0.3, -0.25) is 43.3 Å². The molecule has 2 aromatic carbocycles. The van der Waals surface area contributed by atoms with Crippen LogP contribution in [-0.2, 0) is 52.0 Å². The van der Waals surface area contributed by atoms with E-state index >= 15 is 8.78 Å². The largest absolute Gasteiger partial charge is 1.00 e. The number of nitrogens with zero attached hydrogens (tertiary/aromatic N) is 8. The summed E-state index contributed by atoms with van der Waals surface area (Å²) in [5.41, 5.74) is -2.95. The van der Waals surface area contributed by atoms with Crippen LogP contribution in [0.15, 0.2) is 70.4 Å². The summed E-state index contributed by atoms with van der Waals surface area (Å²) in [6.07, 6.45) is 12.3. The Morgan fingerprint density at radius 1 is 0.692 bits per heavy atom. The zero-order chi connectivity index (χ0) is 65.6. The van der Waals surface area contributed by atoms with Crippen molar-refractivity contribution < 1.29 is 177 Å². The summed E-state index contributed by atoms with van der Waals surface area (Å²) in [5.74, 6) is -10.5. The van der Waals surface area contributed by atoms with Gasteiger partial charge in [0.25, 0.3) is 6.47 Å². The van der Waals surface area contributed by atoms with Crippen molar-refractivity contribution in [3.8, 4) is 0 Å². The average Bonchev–Trinajstić information content (AvgIpc) is 1.13. The van der Waals surface area contributed by atoms with Crippen LogP contribution in [0.3, 0.4) is 0 Å². The van der Waals surface area contributed by atoms with Gasteiger partial charge in [0, 0.05) is 75.4 Å². The van der Waals surface area contributed by atoms with Gasteiger partial charge in [-0.05, 0) is 36.6 Å². The molecule has 0 radical (unpaired) electrons. The Morgan fingerprint density at radius 3 is 1.46 bits per heavy atom. The number of amides is 2. The molecule has 490 valence electrons. The zero-order valence-corrected chi connectivity index (χ0v) is 56.2. The molecule has 0 saturated carbocycles. The summed E-state index contributed by atoms with van der Waals surface area (Å²) in [5, 5.41) is 15.3. The number of benzene rings is 2. The Labute approximate surface area is 567 Å². The molecular weight excluding hydrogens is 1310 g/mol. The third-order valence-corrected chi connectivity index (χ3v) is 15.8. The topological polar surface area (TPSA) is 346 Å². The third-order valence-electron chi connectivity index (χ3n) is 13.2. The average molecular weight is 1370 g/mol. The van der Waals surface area contributed by atoms with Gasteiger partial charge in [0.05, 0.1) is 37.6 Å². The fourth-order valence-electron chi connectivity index (χ4n) is 8.88. The van der Waals surface area contributed by atoms with Gasteiger partial charge in [-0.2, -0.15) is 0 Å². The molecule has 2 aromatic heterocycles. The van der Waals surface area contributed by atoms with Gasteiger partial charge in [-0.15, -0.1) is 0 Å². The first-order chi connectivity index (χ1) is 42.3. The second kappa shape index (κ2) is 38.4. The number of cyclic esters (lactones) is 2. The molecule has 2 fully saturated rings. The minimum absolute atomic E-state index is 0. The first kappa shape index (κ1) is 79.4. The Kier molecular flexibility index (Phi) is 33.5. The second-order valence-corrected chi connectivity index (χ2v) is 23.2. The van der Waals surface area contributed by atoms with E-state index in [-0.39, 0.29) is 128 Å². The zero-order valence-electron chi connectivity index (χ0n) is 50.6. The summed E-state index contributed by atoms with van der Waals surface area (Å²) >= 11 is 5.15. The molecule has 91 heavy (non-hydrogen) atoms. The number of halogens is 7. The predicted molar refractivity (Wildman–Crippen MR) is 302 cm³/mol. The van der Waals surface area contributed by atoms with E-state index in [1.807, 2.05) is 6.92 Å². The summed E-state index contributed by atoms with van der Waals surface area (Å²) in [4.78, 5) is 115. The quantitative estimate of drug-likeness (QED) is 0.00935. The maximum Gasteiger partial charge on any atom is 1.00 e. The number of carbonyl (C=O) groups excluding carboxylic acids is 7. The fourth-order valence-corrected chi connectivity index (χ4v) is 11.0. The molecule has 4 aliphatic heterocycles. The number of carbonyl (C=O) groups is 7. The predicted octanol–water partition coefficient (Wildman–Crippen LogP) is 3.20. The molecule has 1 unspecified atom stereocenters. The minimum Gasteiger partial charge on any atom is -1.00 e. The van der Waals surface area contributed by atoms with Crippen LogP contribution in [0.2, 0.25) is 0 Å². The van der Waals surface area contributed by atoms with Crippen molar-refractivity contribution in [2.45, 2.75) is 116 Å². The molecule has 27 nitrogen and oxygen atoms in total. The first-order valence-corrected chi connectivity index (χ1v) is 30.9. The maximum absolute atomic E-state index is 15.1. The van der Waals surface area contributed by atoms with Gasteiger partial charge in [0.1, 0.15) is 36.1 Å². The van der Waals surface area contributed by atoms with Gasteiger partial charge >= 0.3 is 92.8 Å². The van der Waals surface area contributed by atoms with Crippen molar-refractivity contribution in [2.24, 2.45) is 0 Å². The molecule has 3 N–H and O–H groups in total. The van der Waals surface area contributed by atoms with E-state index in [2.05, 4.69) is 26.6 Å². The number of ketones is 2. The second-order valence-electron chi connectivity index (χ2n) is 19.6. The Bertz CT molecular complexity index is 3280. The number of allylic oxidation sites excluding steroid dienone is 2. The fraction of sp³-hybridized carbons (Fsp3) is 0.453. The monoisotopic (exact) mass is 1370 g/mol. The van der Waals surface area contributed by atoms with Gasteiger partial charge in [0.2, 0.25) is 5.24 Å². The Balaban J connectivity index is 0.000000513. The molecule has 4 aromatic rings. The van der Waals surface area contributed by atoms with Crippen LogP contribution < -0.4 is 93.3 Å². The van der Waals surface area contributed by atoms with Crippen molar-refractivity contribution in [2.75, 3.05) is 68.2 Å². The van der Waals surface area contributed by atoms with Crippen LogP contribution in [0.1, 0.15) is 105 Å². The van der Waals surface area contributed by atoms with E-state index in [4.69, 9.17) is 40.2 Å². The normalized spacial score (nSPS) is 16.5. The van der Waals surface area contributed by atoms with Crippen molar-refractivity contribution in [1.82, 2.24) is 10.3 Å². The van der Waals surface area contributed by atoms with Crippen LogP contribution in [0.5, 0.6) is 0 Å². The van der Waals surface area contributed by atoms with Crippen LogP contribution in [0, 0.1) is 34.9 Å². The number of unbranched alkanes of at least 4 members (excludes halogenated alkanes) is 8. The Morgan fingerprint density at radius 2 is 1.10 bits per heavy atom. The van der Waals surface area contributed by atoms with Gasteiger partial charge in [-0.1, -0.05) is 75.5 Å². The minimum atomic E-state index is -4.91. The van der Waals surface area contributed by atoms with Crippen LogP contribution in [-0.4, -0.2) is 118 Å². The number of anilines is 6. The van der Waals surface area contributed by atoms with Gasteiger partial charge in [-0.25, -0.2) is 49.7 Å². The standard InChI is InChI=1S/C26H30F3N4O8P.C18H16F3N4O7P.C8H15ClO.CH2O3.2Na.H/c1-2-3-4-5-6-7-22(35)41-42(37,38)33(21-10-13-39-30-21)16-18-15-32(26(36)40-18)20-14-19(27)25(24(29)23(20)28)31-11-8-17(34)9-12-31;19-12-7-13(15(20)16(21)17(12)23-4-1-10(26)2-5-23)24-8-11(32-18(24)27)9-25(33(28,29)30)14-3-6-31-22-14;1-2-3-4-5-6-7-8(9)10;2-1-4-3;;;/h8,10-11,13-14,18H,2-7,9,12,15-16H2,1H3,(H,37,38);1,3-4,6-7,11H,2,5,8-9H2,(H2,28,29,30);2-7H2,1H3;1,3H;;;/q;;;;2*+1;-1/p-1/t18-;11-;;;;;/m11...../s1. The first-order valence-electron chi connectivity index (χ1n) is 27.4. The number of hydrogen-bond acceptors (Lipinski definition) is 20.